The molecule has 0 bridgehead atoms. The topological polar surface area (TPSA) is 64.4 Å². The number of rotatable bonds is 7. The maximum atomic E-state index is 11.6. The Morgan fingerprint density at radius 1 is 1.33 bits per heavy atom. The second-order valence-electron chi connectivity index (χ2n) is 5.55. The molecule has 1 rings (SSSR count). The van der Waals surface area contributed by atoms with Gasteiger partial charge in [-0.25, -0.2) is 0 Å². The molecule has 1 atom stereocenters. The van der Waals surface area contributed by atoms with Gasteiger partial charge in [0.15, 0.2) is 0 Å². The zero-order valence-corrected chi connectivity index (χ0v) is 11.8. The normalized spacial score (nSPS) is 18.9. The summed E-state index contributed by atoms with van der Waals surface area (Å²) in [6.45, 7) is 5.31. The Kier molecular flexibility index (Phi) is 7.28. The van der Waals surface area contributed by atoms with E-state index in [2.05, 4.69) is 5.32 Å². The maximum absolute atomic E-state index is 11.6. The van der Waals surface area contributed by atoms with E-state index in [4.69, 9.17) is 10.5 Å². The van der Waals surface area contributed by atoms with Crippen molar-refractivity contribution in [2.24, 2.45) is 11.7 Å². The standard InChI is InChI=1S/C14H28N2O2/c1-11(2)13(15)14(17)16-9-6-10-18-12-7-4-3-5-8-12/h11-13H,3-10,15H2,1-2H3,(H,16,17)/t13-/m1/s1. The van der Waals surface area contributed by atoms with Gasteiger partial charge < -0.3 is 15.8 Å². The quantitative estimate of drug-likeness (QED) is 0.683. The van der Waals surface area contributed by atoms with Crippen molar-refractivity contribution in [2.45, 2.75) is 64.5 Å². The summed E-state index contributed by atoms with van der Waals surface area (Å²) >= 11 is 0. The fourth-order valence-electron chi connectivity index (χ4n) is 2.19. The lowest BCUT2D eigenvalue weighted by molar-refractivity contribution is -0.123. The minimum absolute atomic E-state index is 0.0531. The fourth-order valence-corrected chi connectivity index (χ4v) is 2.19. The lowest BCUT2D eigenvalue weighted by Gasteiger charge is -2.22. The zero-order chi connectivity index (χ0) is 13.4. The highest BCUT2D eigenvalue weighted by Crippen LogP contribution is 2.20. The van der Waals surface area contributed by atoms with Crippen LogP contribution in [0.3, 0.4) is 0 Å². The molecule has 0 aromatic rings. The largest absolute Gasteiger partial charge is 0.378 e. The molecule has 0 aromatic heterocycles. The summed E-state index contributed by atoms with van der Waals surface area (Å²) in [7, 11) is 0. The van der Waals surface area contributed by atoms with E-state index in [0.29, 0.717) is 12.6 Å². The second kappa shape index (κ2) is 8.48. The van der Waals surface area contributed by atoms with Gasteiger partial charge in [-0.05, 0) is 25.2 Å². The van der Waals surface area contributed by atoms with Crippen molar-refractivity contribution in [3.05, 3.63) is 0 Å². The third-order valence-corrected chi connectivity index (χ3v) is 3.55. The Bertz CT molecular complexity index is 238. The van der Waals surface area contributed by atoms with E-state index in [1.165, 1.54) is 32.1 Å². The van der Waals surface area contributed by atoms with Gasteiger partial charge in [0.25, 0.3) is 0 Å². The van der Waals surface area contributed by atoms with Crippen LogP contribution in [0.25, 0.3) is 0 Å². The molecular weight excluding hydrogens is 228 g/mol. The Morgan fingerprint density at radius 2 is 2.00 bits per heavy atom. The van der Waals surface area contributed by atoms with Crippen LogP contribution in [0, 0.1) is 5.92 Å². The summed E-state index contributed by atoms with van der Waals surface area (Å²) in [5, 5.41) is 2.86. The fraction of sp³-hybridized carbons (Fsp3) is 0.929. The highest BCUT2D eigenvalue weighted by molar-refractivity contribution is 5.81. The molecule has 18 heavy (non-hydrogen) atoms. The first-order valence-corrected chi connectivity index (χ1v) is 7.26. The van der Waals surface area contributed by atoms with Crippen molar-refractivity contribution in [1.29, 1.82) is 0 Å². The van der Waals surface area contributed by atoms with Crippen molar-refractivity contribution < 1.29 is 9.53 Å². The van der Waals surface area contributed by atoms with Crippen molar-refractivity contribution in [3.8, 4) is 0 Å². The average molecular weight is 256 g/mol. The van der Waals surface area contributed by atoms with Gasteiger partial charge in [0.2, 0.25) is 5.91 Å². The van der Waals surface area contributed by atoms with E-state index in [1.54, 1.807) is 0 Å². The van der Waals surface area contributed by atoms with Crippen molar-refractivity contribution in [1.82, 2.24) is 5.32 Å². The molecule has 0 heterocycles. The molecule has 0 aliphatic heterocycles. The van der Waals surface area contributed by atoms with Gasteiger partial charge in [0, 0.05) is 13.2 Å². The number of nitrogens with two attached hydrogens (primary N) is 1. The van der Waals surface area contributed by atoms with Gasteiger partial charge >= 0.3 is 0 Å². The summed E-state index contributed by atoms with van der Waals surface area (Å²) in [5.41, 5.74) is 5.75. The Labute approximate surface area is 111 Å². The number of nitrogens with one attached hydrogen (secondary N) is 1. The van der Waals surface area contributed by atoms with Gasteiger partial charge in [0.05, 0.1) is 12.1 Å². The van der Waals surface area contributed by atoms with E-state index < -0.39 is 6.04 Å². The first-order valence-electron chi connectivity index (χ1n) is 7.26. The minimum atomic E-state index is -0.399. The van der Waals surface area contributed by atoms with Crippen molar-refractivity contribution in [2.75, 3.05) is 13.2 Å². The molecule has 3 N–H and O–H groups in total. The van der Waals surface area contributed by atoms with Gasteiger partial charge in [-0.2, -0.15) is 0 Å². The minimum Gasteiger partial charge on any atom is -0.378 e. The SMILES string of the molecule is CC(C)[C@@H](N)C(=O)NCCCOC1CCCCC1. The lowest BCUT2D eigenvalue weighted by Crippen LogP contribution is -2.44. The molecule has 1 saturated carbocycles. The number of ether oxygens (including phenoxy) is 1. The Morgan fingerprint density at radius 3 is 2.61 bits per heavy atom. The van der Waals surface area contributed by atoms with Gasteiger partial charge in [-0.1, -0.05) is 33.1 Å². The summed E-state index contributed by atoms with van der Waals surface area (Å²) < 4.78 is 5.79. The van der Waals surface area contributed by atoms with Gasteiger partial charge in [0.1, 0.15) is 0 Å². The van der Waals surface area contributed by atoms with Crippen LogP contribution in [-0.4, -0.2) is 31.2 Å². The Hall–Kier alpha value is -0.610. The highest BCUT2D eigenvalue weighted by atomic mass is 16.5. The highest BCUT2D eigenvalue weighted by Gasteiger charge is 2.16. The van der Waals surface area contributed by atoms with Crippen molar-refractivity contribution in [3.63, 3.8) is 0 Å². The molecule has 1 fully saturated rings. The average Bonchev–Trinajstić information content (AvgIpc) is 2.38. The van der Waals surface area contributed by atoms with Gasteiger partial charge in [-0.3, -0.25) is 4.79 Å². The predicted octanol–water partition coefficient (Wildman–Crippen LogP) is 1.83. The predicted molar refractivity (Wildman–Crippen MR) is 73.3 cm³/mol. The molecule has 106 valence electrons. The molecule has 0 aromatic carbocycles. The third kappa shape index (κ3) is 5.83. The molecule has 0 saturated heterocycles. The number of hydrogen-bond donors (Lipinski definition) is 2. The van der Waals surface area contributed by atoms with Crippen LogP contribution >= 0.6 is 0 Å². The first kappa shape index (κ1) is 15.4. The van der Waals surface area contributed by atoms with Crippen LogP contribution in [0.5, 0.6) is 0 Å². The summed E-state index contributed by atoms with van der Waals surface area (Å²) in [6.07, 6.45) is 7.66. The molecule has 0 radical (unpaired) electrons. The van der Waals surface area contributed by atoms with Crippen LogP contribution in [0.4, 0.5) is 0 Å². The molecule has 4 nitrogen and oxygen atoms in total. The number of carbonyl (C=O) groups excluding carboxylic acids is 1. The molecule has 1 amide bonds. The summed E-state index contributed by atoms with van der Waals surface area (Å²) in [6, 6.07) is -0.399. The van der Waals surface area contributed by atoms with Crippen LogP contribution < -0.4 is 11.1 Å². The van der Waals surface area contributed by atoms with Crippen LogP contribution in [-0.2, 0) is 9.53 Å². The van der Waals surface area contributed by atoms with E-state index >= 15 is 0 Å². The van der Waals surface area contributed by atoms with E-state index in [9.17, 15) is 4.79 Å². The van der Waals surface area contributed by atoms with Gasteiger partial charge in [-0.15, -0.1) is 0 Å². The van der Waals surface area contributed by atoms with Crippen molar-refractivity contribution >= 4 is 5.91 Å². The van der Waals surface area contributed by atoms with Crippen LogP contribution in [0.15, 0.2) is 0 Å². The molecule has 1 aliphatic carbocycles. The summed E-state index contributed by atoms with van der Waals surface area (Å²) in [4.78, 5) is 11.6. The second-order valence-corrected chi connectivity index (χ2v) is 5.55. The van der Waals surface area contributed by atoms with E-state index in [-0.39, 0.29) is 11.8 Å². The Balaban J connectivity index is 1.99. The number of amides is 1. The van der Waals surface area contributed by atoms with Crippen LogP contribution in [0.1, 0.15) is 52.4 Å². The van der Waals surface area contributed by atoms with E-state index in [0.717, 1.165) is 13.0 Å². The summed E-state index contributed by atoms with van der Waals surface area (Å²) in [5.74, 6) is 0.131. The lowest BCUT2D eigenvalue weighted by atomic mass is 9.98. The molecular formula is C14H28N2O2. The monoisotopic (exact) mass is 256 g/mol. The van der Waals surface area contributed by atoms with Crippen LogP contribution in [0.2, 0.25) is 0 Å². The van der Waals surface area contributed by atoms with E-state index in [1.807, 2.05) is 13.8 Å². The molecule has 1 aliphatic rings. The number of hydrogen-bond acceptors (Lipinski definition) is 3. The maximum Gasteiger partial charge on any atom is 0.237 e. The number of carbonyl (C=O) groups is 1. The zero-order valence-electron chi connectivity index (χ0n) is 11.8. The first-order chi connectivity index (χ1) is 8.61. The smallest absolute Gasteiger partial charge is 0.237 e. The molecule has 0 unspecified atom stereocenters. The molecule has 0 spiro atoms. The third-order valence-electron chi connectivity index (χ3n) is 3.55. The molecule has 4 heteroatoms.